The lowest BCUT2D eigenvalue weighted by atomic mass is 9.83. The van der Waals surface area contributed by atoms with Crippen molar-refractivity contribution in [2.24, 2.45) is 11.8 Å². The fraction of sp³-hybridized carbons (Fsp3) is 0.328. The lowest BCUT2D eigenvalue weighted by Crippen LogP contribution is -2.36. The number of sulfonamides is 1. The van der Waals surface area contributed by atoms with Crippen molar-refractivity contribution in [3.05, 3.63) is 161 Å². The molecular weight excluding hydrogens is 1130 g/mol. The van der Waals surface area contributed by atoms with Crippen LogP contribution in [0, 0.1) is 11.8 Å². The number of hydrogen-bond donors (Lipinski definition) is 6. The van der Waals surface area contributed by atoms with Gasteiger partial charge in [0.15, 0.2) is 0 Å². The van der Waals surface area contributed by atoms with E-state index in [0.29, 0.717) is 105 Å². The monoisotopic (exact) mass is 1190 g/mol. The Bertz CT molecular complexity index is 3390. The molecule has 16 nitrogen and oxygen atoms in total. The number of piperidine rings is 2. The normalized spacial score (nSPS) is 15.5. The van der Waals surface area contributed by atoms with Gasteiger partial charge in [-0.2, -0.15) is 13.2 Å². The van der Waals surface area contributed by atoms with Gasteiger partial charge in [0.25, 0.3) is 31.7 Å². The minimum atomic E-state index is -6.14. The first-order valence-corrected chi connectivity index (χ1v) is 30.5. The number of carbonyl (C=O) groups excluding carboxylic acids is 2. The number of carboxylic acids is 1. The third-order valence-electron chi connectivity index (χ3n) is 14.6. The summed E-state index contributed by atoms with van der Waals surface area (Å²) in [7, 11) is -9.34. The zero-order valence-corrected chi connectivity index (χ0v) is 47.3. The van der Waals surface area contributed by atoms with Gasteiger partial charge in [-0.3, -0.25) is 14.4 Å². The predicted molar refractivity (Wildman–Crippen MR) is 308 cm³/mol. The molecule has 2 aliphatic heterocycles. The molecule has 0 radical (unpaired) electrons. The molecule has 6 aromatic carbocycles. The molecule has 81 heavy (non-hydrogen) atoms. The van der Waals surface area contributed by atoms with Crippen LogP contribution in [0.5, 0.6) is 0 Å². The molecule has 2 atom stereocenters. The number of thioether (sulfide) groups is 1. The Kier molecular flexibility index (Phi) is 19.8. The number of alkyl halides is 3. The summed E-state index contributed by atoms with van der Waals surface area (Å²) in [5.74, 6) is -2.60. The molecule has 23 heteroatoms. The van der Waals surface area contributed by atoms with E-state index >= 15 is 0 Å². The predicted octanol–water partition coefficient (Wildman–Crippen LogP) is 9.81. The minimum Gasteiger partial charge on any atom is -0.481 e. The van der Waals surface area contributed by atoms with Gasteiger partial charge in [0, 0.05) is 82.6 Å². The maximum absolute atomic E-state index is 14.2. The van der Waals surface area contributed by atoms with E-state index in [4.69, 9.17) is 11.6 Å². The van der Waals surface area contributed by atoms with Crippen LogP contribution in [0.2, 0.25) is 5.02 Å². The lowest BCUT2D eigenvalue weighted by Gasteiger charge is -2.36. The van der Waals surface area contributed by atoms with Crippen molar-refractivity contribution >= 4 is 83.8 Å². The average molecular weight is 1190 g/mol. The first-order valence-electron chi connectivity index (χ1n) is 26.2. The van der Waals surface area contributed by atoms with Gasteiger partial charge in [0.1, 0.15) is 4.90 Å². The summed E-state index contributed by atoms with van der Waals surface area (Å²) >= 11 is 7.61. The van der Waals surface area contributed by atoms with Gasteiger partial charge >= 0.3 is 11.5 Å². The molecule has 0 saturated carbocycles. The number of benzene rings is 6. The standard InChI is InChI=1S/C58H62ClF3N6O10S3/c1-66(33-34-69)28-27-45(37-79-48-5-3-2-4-6-48)63-52-22-20-49(36-53(52)80(75,76)58(60,61)62)81(77,78)65-56(72)40-9-16-46(17-10-40)67-29-23-39(24-30-67)54(70)51-35-42(11-21-50(51)38-7-12-43(59)13-8-38)55(71)64-44-14-18-47(19-15-44)68-31-25-41(26-32-68)57(73)74/h2-22,35-36,39,41,45,54,63,69-70H,23-34,37H2,1H3,(H,64,71)(H,65,72)(H,73,74)/t45?,54-/m1/s1. The Hall–Kier alpha value is -6.66. The summed E-state index contributed by atoms with van der Waals surface area (Å²) in [5.41, 5.74) is -1.84. The van der Waals surface area contributed by atoms with Crippen LogP contribution in [-0.2, 0) is 24.7 Å². The van der Waals surface area contributed by atoms with Crippen LogP contribution in [0.15, 0.2) is 154 Å². The van der Waals surface area contributed by atoms with E-state index in [1.165, 1.54) is 23.9 Å². The first-order chi connectivity index (χ1) is 38.6. The molecule has 0 bridgehead atoms. The number of aliphatic hydroxyl groups is 2. The molecule has 1 unspecified atom stereocenters. The van der Waals surface area contributed by atoms with Gasteiger partial charge in [-0.05, 0) is 171 Å². The maximum Gasteiger partial charge on any atom is 0.501 e. The summed E-state index contributed by atoms with van der Waals surface area (Å²) in [5, 5.41) is 37.3. The van der Waals surface area contributed by atoms with Crippen LogP contribution < -0.4 is 25.2 Å². The van der Waals surface area contributed by atoms with Crippen molar-refractivity contribution in [1.29, 1.82) is 0 Å². The fourth-order valence-corrected chi connectivity index (χ4v) is 13.0. The first kappa shape index (κ1) is 60.4. The Balaban J connectivity index is 0.923. The van der Waals surface area contributed by atoms with Crippen LogP contribution in [0.25, 0.3) is 11.1 Å². The van der Waals surface area contributed by atoms with Crippen molar-refractivity contribution in [3.8, 4) is 11.1 Å². The third-order valence-corrected chi connectivity index (χ3v) is 18.9. The zero-order valence-electron chi connectivity index (χ0n) is 44.1. The molecule has 430 valence electrons. The summed E-state index contributed by atoms with van der Waals surface area (Å²) < 4.78 is 98.0. The van der Waals surface area contributed by atoms with Crippen molar-refractivity contribution < 1.29 is 59.7 Å². The highest BCUT2D eigenvalue weighted by Crippen LogP contribution is 2.40. The quantitative estimate of drug-likeness (QED) is 0.0348. The number of hydrogen-bond acceptors (Lipinski definition) is 14. The van der Waals surface area contributed by atoms with Crippen LogP contribution in [-0.4, -0.2) is 125 Å². The number of nitrogens with one attached hydrogen (secondary N) is 3. The second kappa shape index (κ2) is 26.5. The third kappa shape index (κ3) is 15.3. The number of likely N-dealkylation sites (N-methyl/N-ethyl adjacent to an activating group) is 1. The molecular formula is C58H62ClF3N6O10S3. The summed E-state index contributed by atoms with van der Waals surface area (Å²) in [4.78, 5) is 43.2. The maximum atomic E-state index is 14.2. The van der Waals surface area contributed by atoms with Crippen LogP contribution >= 0.6 is 23.4 Å². The van der Waals surface area contributed by atoms with Crippen LogP contribution in [0.4, 0.5) is 35.9 Å². The van der Waals surface area contributed by atoms with Crippen molar-refractivity contribution in [2.45, 2.75) is 64.4 Å². The van der Waals surface area contributed by atoms with Gasteiger partial charge in [-0.15, -0.1) is 11.8 Å². The number of carboxylic acid groups (broad SMARTS) is 1. The molecule has 6 N–H and O–H groups in total. The number of nitrogens with zero attached hydrogens (tertiary/aromatic N) is 3. The molecule has 2 aliphatic rings. The number of sulfone groups is 1. The minimum absolute atomic E-state index is 0.107. The molecule has 2 heterocycles. The molecule has 0 spiro atoms. The number of carbonyl (C=O) groups is 3. The van der Waals surface area contributed by atoms with E-state index in [2.05, 4.69) is 15.5 Å². The molecule has 8 rings (SSSR count). The van der Waals surface area contributed by atoms with E-state index in [1.54, 1.807) is 66.5 Å². The number of aliphatic hydroxyl groups excluding tert-OH is 2. The van der Waals surface area contributed by atoms with E-state index in [1.807, 2.05) is 64.2 Å². The van der Waals surface area contributed by atoms with Crippen LogP contribution in [0.3, 0.4) is 0 Å². The van der Waals surface area contributed by atoms with Gasteiger partial charge in [0.2, 0.25) is 0 Å². The lowest BCUT2D eigenvalue weighted by molar-refractivity contribution is -0.142. The fourth-order valence-electron chi connectivity index (χ4n) is 9.90. The number of aliphatic carboxylic acids is 1. The van der Waals surface area contributed by atoms with Crippen molar-refractivity contribution in [3.63, 3.8) is 0 Å². The smallest absolute Gasteiger partial charge is 0.481 e. The number of amides is 2. The highest BCUT2D eigenvalue weighted by atomic mass is 35.5. The highest BCUT2D eigenvalue weighted by Gasteiger charge is 2.48. The Morgan fingerprint density at radius 3 is 1.96 bits per heavy atom. The molecule has 6 aromatic rings. The van der Waals surface area contributed by atoms with Gasteiger partial charge in [0.05, 0.1) is 29.2 Å². The van der Waals surface area contributed by atoms with E-state index < -0.39 is 64.9 Å². The van der Waals surface area contributed by atoms with Gasteiger partial charge in [-0.25, -0.2) is 21.6 Å². The topological polar surface area (TPSA) is 226 Å². The second-order valence-electron chi connectivity index (χ2n) is 20.0. The van der Waals surface area contributed by atoms with Crippen molar-refractivity contribution in [1.82, 2.24) is 9.62 Å². The Morgan fingerprint density at radius 2 is 1.36 bits per heavy atom. The second-order valence-corrected chi connectivity index (χ2v) is 25.2. The van der Waals surface area contributed by atoms with E-state index in [-0.39, 0.29) is 35.7 Å². The Morgan fingerprint density at radius 1 is 0.753 bits per heavy atom. The number of anilines is 4. The molecule has 0 aliphatic carbocycles. The molecule has 2 fully saturated rings. The average Bonchev–Trinajstić information content (AvgIpc) is 3.51. The Labute approximate surface area is 478 Å². The SMILES string of the molecule is CN(CCO)CCC(CSc1ccccc1)Nc1ccc(S(=O)(=O)NC(=O)c2ccc(N3CCC([C@@H](O)c4cc(C(=O)Nc5ccc(N6CCC(C(=O)O)CC6)cc5)ccc4-c4ccc(Cl)cc4)CC3)cc2)cc1S(=O)(=O)C(F)(F)F. The molecule has 0 aromatic heterocycles. The van der Waals surface area contributed by atoms with Crippen LogP contribution in [0.1, 0.15) is 64.5 Å². The number of rotatable bonds is 22. The summed E-state index contributed by atoms with van der Waals surface area (Å²) in [6.07, 6.45) is 1.47. The van der Waals surface area contributed by atoms with Crippen molar-refractivity contribution in [2.75, 3.05) is 79.1 Å². The highest BCUT2D eigenvalue weighted by molar-refractivity contribution is 7.99. The molecule has 2 amide bonds. The van der Waals surface area contributed by atoms with E-state index in [0.717, 1.165) is 33.8 Å². The van der Waals surface area contributed by atoms with E-state index in [9.17, 15) is 59.7 Å². The summed E-state index contributed by atoms with van der Waals surface area (Å²) in [6, 6.07) is 36.5. The zero-order chi connectivity index (χ0) is 58.1. The molecule has 2 saturated heterocycles. The van der Waals surface area contributed by atoms with Gasteiger partial charge < -0.3 is 40.7 Å². The number of halogens is 4. The summed E-state index contributed by atoms with van der Waals surface area (Å²) in [6.45, 7) is 2.75. The van der Waals surface area contributed by atoms with Gasteiger partial charge in [-0.1, -0.05) is 48.0 Å². The largest absolute Gasteiger partial charge is 0.501 e.